The minimum Gasteiger partial charge on any atom is -0.338 e. The van der Waals surface area contributed by atoms with E-state index < -0.39 is 5.79 Å². The molecule has 0 bridgehead atoms. The van der Waals surface area contributed by atoms with Gasteiger partial charge < -0.3 is 9.47 Å². The minimum atomic E-state index is -0.527. The normalized spacial score (nSPS) is 46.0. The molecule has 22 heavy (non-hydrogen) atoms. The first-order valence-corrected chi connectivity index (χ1v) is 8.73. The topological polar surface area (TPSA) is 18.5 Å². The van der Waals surface area contributed by atoms with Gasteiger partial charge in [0.25, 0.3) is 0 Å². The molecular weight excluding hydrogens is 272 g/mol. The molecule has 1 spiro atoms. The van der Waals surface area contributed by atoms with Gasteiger partial charge in [-0.3, -0.25) is 0 Å². The third-order valence-corrected chi connectivity index (χ3v) is 5.51. The van der Waals surface area contributed by atoms with Crippen molar-refractivity contribution in [2.45, 2.75) is 77.8 Å². The predicted octanol–water partition coefficient (Wildman–Crippen LogP) is 5.17. The highest BCUT2D eigenvalue weighted by molar-refractivity contribution is 5.20. The quantitative estimate of drug-likeness (QED) is 0.575. The van der Waals surface area contributed by atoms with E-state index in [9.17, 15) is 0 Å². The number of rotatable bonds is 0. The molecule has 0 N–H and O–H groups in total. The van der Waals surface area contributed by atoms with Gasteiger partial charge in [0.1, 0.15) is 0 Å². The summed E-state index contributed by atoms with van der Waals surface area (Å²) in [7, 11) is 0. The van der Waals surface area contributed by atoms with Gasteiger partial charge in [-0.2, -0.15) is 0 Å². The second-order valence-electron chi connectivity index (χ2n) is 7.94. The second-order valence-corrected chi connectivity index (χ2v) is 7.94. The van der Waals surface area contributed by atoms with E-state index in [2.05, 4.69) is 58.9 Å². The Hall–Kier alpha value is -0.860. The average molecular weight is 302 g/mol. The summed E-state index contributed by atoms with van der Waals surface area (Å²) in [5, 5.41) is 0. The minimum absolute atomic E-state index is 0.180. The molecule has 0 aromatic rings. The zero-order valence-corrected chi connectivity index (χ0v) is 14.7. The number of ether oxygens (including phenoxy) is 2. The van der Waals surface area contributed by atoms with Gasteiger partial charge >= 0.3 is 0 Å². The first-order chi connectivity index (χ1) is 10.3. The molecule has 3 rings (SSSR count). The van der Waals surface area contributed by atoms with E-state index in [4.69, 9.17) is 9.47 Å². The van der Waals surface area contributed by atoms with Crippen LogP contribution in [0.5, 0.6) is 0 Å². The maximum absolute atomic E-state index is 6.49. The SMILES string of the molecule is C/C1=C\C2OC3(C=CC(C)(C)O3)C(C)C2CC/C(C)=C/CC1. The molecular formula is C20H30O2. The van der Waals surface area contributed by atoms with Crippen LogP contribution in [0.3, 0.4) is 0 Å². The zero-order valence-electron chi connectivity index (χ0n) is 14.7. The summed E-state index contributed by atoms with van der Waals surface area (Å²) in [5.41, 5.74) is 2.73. The van der Waals surface area contributed by atoms with E-state index in [1.807, 2.05) is 0 Å². The van der Waals surface area contributed by atoms with Crippen LogP contribution in [0.25, 0.3) is 0 Å². The van der Waals surface area contributed by atoms with Gasteiger partial charge in [-0.1, -0.05) is 36.3 Å². The first-order valence-electron chi connectivity index (χ1n) is 8.73. The molecule has 0 aromatic heterocycles. The Morgan fingerprint density at radius 1 is 1.09 bits per heavy atom. The lowest BCUT2D eigenvalue weighted by Crippen LogP contribution is -2.38. The lowest BCUT2D eigenvalue weighted by Gasteiger charge is -2.31. The summed E-state index contributed by atoms with van der Waals surface area (Å²) in [4.78, 5) is 0. The predicted molar refractivity (Wildman–Crippen MR) is 90.5 cm³/mol. The fourth-order valence-electron chi connectivity index (χ4n) is 4.07. The monoisotopic (exact) mass is 302 g/mol. The third-order valence-electron chi connectivity index (χ3n) is 5.51. The van der Waals surface area contributed by atoms with Crippen LogP contribution in [0.2, 0.25) is 0 Å². The summed E-state index contributed by atoms with van der Waals surface area (Å²) < 4.78 is 12.8. The molecule has 1 saturated heterocycles. The maximum atomic E-state index is 6.49. The van der Waals surface area contributed by atoms with Gasteiger partial charge in [-0.05, 0) is 65.4 Å². The van der Waals surface area contributed by atoms with Crippen LogP contribution in [-0.2, 0) is 9.47 Å². The highest BCUT2D eigenvalue weighted by Crippen LogP contribution is 2.50. The van der Waals surface area contributed by atoms with Crippen molar-refractivity contribution in [2.24, 2.45) is 11.8 Å². The molecule has 1 fully saturated rings. The van der Waals surface area contributed by atoms with Crippen molar-refractivity contribution in [1.82, 2.24) is 0 Å². The molecule has 0 radical (unpaired) electrons. The fraction of sp³-hybridized carbons (Fsp3) is 0.700. The Balaban J connectivity index is 1.88. The van der Waals surface area contributed by atoms with Crippen molar-refractivity contribution in [3.05, 3.63) is 35.5 Å². The van der Waals surface area contributed by atoms with Crippen LogP contribution in [-0.4, -0.2) is 17.5 Å². The molecule has 4 atom stereocenters. The van der Waals surface area contributed by atoms with E-state index in [0.29, 0.717) is 11.8 Å². The number of fused-ring (bicyclic) bond motifs is 1. The van der Waals surface area contributed by atoms with Crippen molar-refractivity contribution in [1.29, 1.82) is 0 Å². The van der Waals surface area contributed by atoms with Gasteiger partial charge in [0.2, 0.25) is 0 Å². The molecule has 0 amide bonds. The summed E-state index contributed by atoms with van der Waals surface area (Å²) in [6, 6.07) is 0. The Labute approximate surface area is 135 Å². The van der Waals surface area contributed by atoms with Crippen molar-refractivity contribution in [3.8, 4) is 0 Å². The molecule has 2 aliphatic heterocycles. The van der Waals surface area contributed by atoms with E-state index in [1.54, 1.807) is 0 Å². The third kappa shape index (κ3) is 2.96. The molecule has 2 heteroatoms. The highest BCUT2D eigenvalue weighted by Gasteiger charge is 2.55. The number of allylic oxidation sites excluding steroid dienone is 3. The van der Waals surface area contributed by atoms with Gasteiger partial charge in [0.05, 0.1) is 11.7 Å². The molecule has 122 valence electrons. The Bertz CT molecular complexity index is 526. The first kappa shape index (κ1) is 16.0. The smallest absolute Gasteiger partial charge is 0.192 e. The van der Waals surface area contributed by atoms with Gasteiger partial charge in [-0.15, -0.1) is 0 Å². The summed E-state index contributed by atoms with van der Waals surface area (Å²) in [5.74, 6) is 0.378. The number of hydrogen-bond acceptors (Lipinski definition) is 2. The van der Waals surface area contributed by atoms with Crippen LogP contribution in [0.15, 0.2) is 35.5 Å². The van der Waals surface area contributed by atoms with Crippen molar-refractivity contribution in [3.63, 3.8) is 0 Å². The van der Waals surface area contributed by atoms with Crippen LogP contribution in [0.4, 0.5) is 0 Å². The van der Waals surface area contributed by atoms with E-state index in [0.717, 1.165) is 12.8 Å². The summed E-state index contributed by atoms with van der Waals surface area (Å²) in [6.07, 6.45) is 13.9. The maximum Gasteiger partial charge on any atom is 0.192 e. The van der Waals surface area contributed by atoms with Crippen molar-refractivity contribution >= 4 is 0 Å². The molecule has 0 saturated carbocycles. The van der Waals surface area contributed by atoms with E-state index in [-0.39, 0.29) is 11.7 Å². The van der Waals surface area contributed by atoms with Crippen LogP contribution < -0.4 is 0 Å². The Kier molecular flexibility index (Phi) is 4.11. The van der Waals surface area contributed by atoms with Gasteiger partial charge in [0, 0.05) is 5.92 Å². The Morgan fingerprint density at radius 3 is 2.55 bits per heavy atom. The van der Waals surface area contributed by atoms with E-state index in [1.165, 1.54) is 24.0 Å². The molecule has 0 aromatic carbocycles. The van der Waals surface area contributed by atoms with Crippen molar-refractivity contribution < 1.29 is 9.47 Å². The standard InChI is InChI=1S/C20H30O2/c1-14-7-6-8-15(2)13-18-17(10-9-14)16(3)20(21-18)12-11-19(4,5)22-20/h7,11-13,16-18H,6,8-10H2,1-5H3/b14-7+,15-13+. The molecule has 2 heterocycles. The van der Waals surface area contributed by atoms with Crippen molar-refractivity contribution in [2.75, 3.05) is 0 Å². The molecule has 3 aliphatic rings. The van der Waals surface area contributed by atoms with Crippen LogP contribution >= 0.6 is 0 Å². The van der Waals surface area contributed by atoms with Crippen LogP contribution in [0, 0.1) is 11.8 Å². The number of hydrogen-bond donors (Lipinski definition) is 0. The van der Waals surface area contributed by atoms with Gasteiger partial charge in [0.15, 0.2) is 5.79 Å². The Morgan fingerprint density at radius 2 is 1.86 bits per heavy atom. The highest BCUT2D eigenvalue weighted by atomic mass is 16.7. The molecule has 2 nitrogen and oxygen atoms in total. The zero-order chi connectivity index (χ0) is 16.0. The summed E-state index contributed by atoms with van der Waals surface area (Å²) >= 11 is 0. The van der Waals surface area contributed by atoms with E-state index >= 15 is 0 Å². The lowest BCUT2D eigenvalue weighted by molar-refractivity contribution is -0.227. The summed E-state index contributed by atoms with van der Waals surface area (Å²) in [6.45, 7) is 11.0. The second kappa shape index (κ2) is 5.65. The lowest BCUT2D eigenvalue weighted by atomic mass is 9.81. The van der Waals surface area contributed by atoms with Gasteiger partial charge in [-0.25, -0.2) is 0 Å². The average Bonchev–Trinajstić information content (AvgIpc) is 2.86. The molecule has 1 aliphatic carbocycles. The molecule has 4 unspecified atom stereocenters. The van der Waals surface area contributed by atoms with Crippen LogP contribution in [0.1, 0.15) is 60.3 Å². The fourth-order valence-corrected chi connectivity index (χ4v) is 4.07. The largest absolute Gasteiger partial charge is 0.338 e.